The Morgan fingerprint density at radius 3 is 2.67 bits per heavy atom. The fourth-order valence-electron chi connectivity index (χ4n) is 1.56. The first-order valence-electron chi connectivity index (χ1n) is 5.37. The van der Waals surface area contributed by atoms with Gasteiger partial charge in [-0.2, -0.15) is 0 Å². The summed E-state index contributed by atoms with van der Waals surface area (Å²) in [5.41, 5.74) is -1.22. The predicted octanol–water partition coefficient (Wildman–Crippen LogP) is -1.15. The summed E-state index contributed by atoms with van der Waals surface area (Å²) in [6.45, 7) is 2.99. The number of carbonyl (C=O) groups excluding carboxylic acids is 1. The van der Waals surface area contributed by atoms with Crippen LogP contribution in [0, 0.1) is 5.92 Å². The second-order valence-electron chi connectivity index (χ2n) is 4.40. The van der Waals surface area contributed by atoms with Gasteiger partial charge in [0.05, 0.1) is 6.61 Å². The summed E-state index contributed by atoms with van der Waals surface area (Å²) >= 11 is 0. The van der Waals surface area contributed by atoms with Gasteiger partial charge in [0.2, 0.25) is 5.91 Å². The first-order chi connectivity index (χ1) is 7.05. The van der Waals surface area contributed by atoms with Crippen LogP contribution < -0.4 is 10.6 Å². The van der Waals surface area contributed by atoms with Crippen molar-refractivity contribution < 1.29 is 15.0 Å². The zero-order valence-corrected chi connectivity index (χ0v) is 9.12. The van der Waals surface area contributed by atoms with Crippen LogP contribution in [-0.2, 0) is 4.79 Å². The van der Waals surface area contributed by atoms with E-state index in [1.807, 2.05) is 0 Å². The summed E-state index contributed by atoms with van der Waals surface area (Å²) in [6.07, 6.45) is 1.68. The van der Waals surface area contributed by atoms with E-state index in [9.17, 15) is 9.90 Å². The van der Waals surface area contributed by atoms with Crippen molar-refractivity contribution in [1.82, 2.24) is 10.6 Å². The molecule has 1 fully saturated rings. The molecular formula is C10H20N2O3. The third-order valence-corrected chi connectivity index (χ3v) is 2.69. The van der Waals surface area contributed by atoms with E-state index in [1.165, 1.54) is 6.92 Å². The molecule has 1 unspecified atom stereocenters. The van der Waals surface area contributed by atoms with Crippen molar-refractivity contribution in [3.63, 3.8) is 0 Å². The maximum Gasteiger partial charge on any atom is 0.223 e. The van der Waals surface area contributed by atoms with E-state index >= 15 is 0 Å². The Kier molecular flexibility index (Phi) is 4.50. The summed E-state index contributed by atoms with van der Waals surface area (Å²) in [5.74, 6) is 0.0194. The highest BCUT2D eigenvalue weighted by atomic mass is 16.3. The van der Waals surface area contributed by atoms with Gasteiger partial charge in [-0.25, -0.2) is 0 Å². The van der Waals surface area contributed by atoms with Crippen molar-refractivity contribution in [3.8, 4) is 0 Å². The lowest BCUT2D eigenvalue weighted by Crippen LogP contribution is -2.46. The van der Waals surface area contributed by atoms with Crippen LogP contribution in [0.2, 0.25) is 0 Å². The molecule has 1 atom stereocenters. The molecule has 1 aliphatic heterocycles. The second-order valence-corrected chi connectivity index (χ2v) is 4.40. The Hall–Kier alpha value is -0.650. The Morgan fingerprint density at radius 1 is 1.53 bits per heavy atom. The first-order valence-corrected chi connectivity index (χ1v) is 5.37. The molecule has 1 aliphatic rings. The highest BCUT2D eigenvalue weighted by Gasteiger charge is 2.24. The molecule has 1 saturated heterocycles. The summed E-state index contributed by atoms with van der Waals surface area (Å²) in [4.78, 5) is 11.6. The molecule has 4 N–H and O–H groups in total. The molecule has 0 aromatic rings. The fourth-order valence-corrected chi connectivity index (χ4v) is 1.56. The van der Waals surface area contributed by atoms with Gasteiger partial charge in [0, 0.05) is 12.5 Å². The van der Waals surface area contributed by atoms with Crippen LogP contribution in [0.5, 0.6) is 0 Å². The van der Waals surface area contributed by atoms with Crippen LogP contribution in [-0.4, -0.2) is 48.0 Å². The molecule has 0 bridgehead atoms. The van der Waals surface area contributed by atoms with Gasteiger partial charge in [-0.15, -0.1) is 0 Å². The topological polar surface area (TPSA) is 81.6 Å². The standard InChI is InChI=1S/C10H20N2O3/c1-10(15,7-13)6-12-9(14)8-2-4-11-5-3-8/h8,11,13,15H,2-7H2,1H3,(H,12,14). The predicted molar refractivity (Wildman–Crippen MR) is 56.3 cm³/mol. The monoisotopic (exact) mass is 216 g/mol. The van der Waals surface area contributed by atoms with E-state index in [4.69, 9.17) is 5.11 Å². The number of carbonyl (C=O) groups is 1. The summed E-state index contributed by atoms with van der Waals surface area (Å²) in [6, 6.07) is 0. The van der Waals surface area contributed by atoms with Gasteiger partial charge in [-0.1, -0.05) is 0 Å². The van der Waals surface area contributed by atoms with E-state index < -0.39 is 5.60 Å². The highest BCUT2D eigenvalue weighted by molar-refractivity contribution is 5.78. The van der Waals surface area contributed by atoms with Crippen molar-refractivity contribution >= 4 is 5.91 Å². The minimum atomic E-state index is -1.22. The van der Waals surface area contributed by atoms with E-state index in [0.717, 1.165) is 25.9 Å². The van der Waals surface area contributed by atoms with Crippen molar-refractivity contribution in [2.75, 3.05) is 26.2 Å². The summed E-state index contributed by atoms with van der Waals surface area (Å²) in [5, 5.41) is 24.1. The Bertz CT molecular complexity index is 213. The van der Waals surface area contributed by atoms with Gasteiger partial charge in [-0.3, -0.25) is 4.79 Å². The molecule has 1 heterocycles. The number of hydrogen-bond donors (Lipinski definition) is 4. The van der Waals surface area contributed by atoms with Crippen LogP contribution in [0.25, 0.3) is 0 Å². The number of aliphatic hydroxyl groups excluding tert-OH is 1. The largest absolute Gasteiger partial charge is 0.393 e. The summed E-state index contributed by atoms with van der Waals surface area (Å²) < 4.78 is 0. The number of amides is 1. The van der Waals surface area contributed by atoms with Gasteiger partial charge in [-0.05, 0) is 32.9 Å². The molecule has 0 aliphatic carbocycles. The average Bonchev–Trinajstić information content (AvgIpc) is 2.27. The highest BCUT2D eigenvalue weighted by Crippen LogP contribution is 2.11. The zero-order valence-electron chi connectivity index (χ0n) is 9.12. The second kappa shape index (κ2) is 5.44. The fraction of sp³-hybridized carbons (Fsp3) is 0.900. The normalized spacial score (nSPS) is 22.1. The molecule has 1 rings (SSSR count). The van der Waals surface area contributed by atoms with Crippen LogP contribution in [0.3, 0.4) is 0 Å². The van der Waals surface area contributed by atoms with E-state index in [1.54, 1.807) is 0 Å². The minimum Gasteiger partial charge on any atom is -0.393 e. The van der Waals surface area contributed by atoms with Gasteiger partial charge in [0.25, 0.3) is 0 Å². The Morgan fingerprint density at radius 2 is 2.13 bits per heavy atom. The summed E-state index contributed by atoms with van der Waals surface area (Å²) in [7, 11) is 0. The van der Waals surface area contributed by atoms with Crippen molar-refractivity contribution in [3.05, 3.63) is 0 Å². The molecule has 88 valence electrons. The van der Waals surface area contributed by atoms with Crippen molar-refractivity contribution in [2.45, 2.75) is 25.4 Å². The number of piperidine rings is 1. The van der Waals surface area contributed by atoms with Crippen molar-refractivity contribution in [1.29, 1.82) is 0 Å². The third kappa shape index (κ3) is 4.15. The van der Waals surface area contributed by atoms with Gasteiger partial charge in [0.15, 0.2) is 0 Å². The molecule has 0 aromatic heterocycles. The molecule has 0 saturated carbocycles. The number of aliphatic hydroxyl groups is 2. The average molecular weight is 216 g/mol. The Balaban J connectivity index is 2.28. The molecule has 5 heteroatoms. The first kappa shape index (κ1) is 12.4. The molecule has 0 aromatic carbocycles. The molecule has 0 radical (unpaired) electrons. The molecular weight excluding hydrogens is 196 g/mol. The number of rotatable bonds is 4. The molecule has 0 spiro atoms. The van der Waals surface area contributed by atoms with Gasteiger partial charge < -0.3 is 20.8 Å². The maximum absolute atomic E-state index is 11.6. The molecule has 1 amide bonds. The maximum atomic E-state index is 11.6. The smallest absolute Gasteiger partial charge is 0.223 e. The lowest BCUT2D eigenvalue weighted by atomic mass is 9.97. The van der Waals surface area contributed by atoms with Crippen LogP contribution >= 0.6 is 0 Å². The van der Waals surface area contributed by atoms with E-state index in [-0.39, 0.29) is 25.0 Å². The zero-order chi connectivity index (χ0) is 11.3. The van der Waals surface area contributed by atoms with E-state index in [0.29, 0.717) is 0 Å². The molecule has 15 heavy (non-hydrogen) atoms. The van der Waals surface area contributed by atoms with Crippen LogP contribution in [0.1, 0.15) is 19.8 Å². The lowest BCUT2D eigenvalue weighted by Gasteiger charge is -2.25. The lowest BCUT2D eigenvalue weighted by molar-refractivity contribution is -0.127. The van der Waals surface area contributed by atoms with E-state index in [2.05, 4.69) is 10.6 Å². The third-order valence-electron chi connectivity index (χ3n) is 2.69. The van der Waals surface area contributed by atoms with Gasteiger partial charge >= 0.3 is 0 Å². The van der Waals surface area contributed by atoms with Crippen LogP contribution in [0.15, 0.2) is 0 Å². The van der Waals surface area contributed by atoms with Crippen LogP contribution in [0.4, 0.5) is 0 Å². The SMILES string of the molecule is CC(O)(CO)CNC(=O)C1CCNCC1. The Labute approximate surface area is 89.9 Å². The minimum absolute atomic E-state index is 0.0229. The number of nitrogens with one attached hydrogen (secondary N) is 2. The quantitative estimate of drug-likeness (QED) is 0.478. The number of hydrogen-bond acceptors (Lipinski definition) is 4. The van der Waals surface area contributed by atoms with Gasteiger partial charge in [0.1, 0.15) is 5.60 Å². The van der Waals surface area contributed by atoms with Crippen molar-refractivity contribution in [2.24, 2.45) is 5.92 Å². The molecule has 5 nitrogen and oxygen atoms in total.